The quantitative estimate of drug-likeness (QED) is 0.0149. The highest BCUT2D eigenvalue weighted by molar-refractivity contribution is 7.47. The van der Waals surface area contributed by atoms with E-state index in [0.717, 1.165) is 57.8 Å². The minimum Gasteiger partial charge on any atom is -0.462 e. The molecule has 0 saturated heterocycles. The van der Waals surface area contributed by atoms with Crippen molar-refractivity contribution in [2.45, 2.75) is 243 Å². The Bertz CT molecular complexity index is 1080. The second-order valence-corrected chi connectivity index (χ2v) is 17.7. The number of aliphatic hydroxyl groups excluding tert-OH is 5. The van der Waals surface area contributed by atoms with Gasteiger partial charge in [0.25, 0.3) is 0 Å². The lowest BCUT2D eigenvalue weighted by Crippen LogP contribution is -2.64. The monoisotopic (exact) mass is 851 g/mol. The molecule has 58 heavy (non-hydrogen) atoms. The highest BCUT2D eigenvalue weighted by Crippen LogP contribution is 2.47. The Morgan fingerprint density at radius 2 is 0.879 bits per heavy atom. The fourth-order valence-electron chi connectivity index (χ4n) is 7.11. The maximum Gasteiger partial charge on any atom is 0.472 e. The summed E-state index contributed by atoms with van der Waals surface area (Å²) >= 11 is 0. The standard InChI is InChI=1S/C44H83O13P/c1-3-5-7-9-11-13-15-17-19-21-22-24-26-28-30-32-37(45)54-34-36(35-55-58(52,53)57-44-42(50)40(48)39(47)41(49)43(44)51)56-38(46)33-31-29-27-25-23-20-18-16-14-12-10-8-6-4-2/h17,19,36,39-44,47-51H,3-16,18,20-35H2,1-2H3,(H,52,53)/b19-17+/t36-,39?,40-,41?,42?,43?,44?/m0/s1. The fraction of sp³-hybridized carbons (Fsp3) is 0.909. The summed E-state index contributed by atoms with van der Waals surface area (Å²) in [7, 11) is -5.11. The summed E-state index contributed by atoms with van der Waals surface area (Å²) in [5, 5.41) is 50.1. The van der Waals surface area contributed by atoms with Crippen LogP contribution in [-0.4, -0.2) is 98.3 Å². The normalized spacial score (nSPS) is 22.6. The van der Waals surface area contributed by atoms with Gasteiger partial charge in [0.15, 0.2) is 6.10 Å². The predicted molar refractivity (Wildman–Crippen MR) is 226 cm³/mol. The molecule has 8 atom stereocenters. The number of phosphoric acid groups is 1. The van der Waals surface area contributed by atoms with Crippen molar-refractivity contribution < 1.29 is 63.1 Å². The smallest absolute Gasteiger partial charge is 0.462 e. The Balaban J connectivity index is 2.46. The Morgan fingerprint density at radius 3 is 1.31 bits per heavy atom. The lowest BCUT2D eigenvalue weighted by molar-refractivity contribution is -0.220. The van der Waals surface area contributed by atoms with Crippen LogP contribution in [0.3, 0.4) is 0 Å². The van der Waals surface area contributed by atoms with Gasteiger partial charge in [-0.15, -0.1) is 0 Å². The number of carbonyl (C=O) groups is 2. The van der Waals surface area contributed by atoms with E-state index < -0.39 is 75.7 Å². The highest BCUT2D eigenvalue weighted by Gasteiger charge is 2.51. The molecular formula is C44H83O13P. The van der Waals surface area contributed by atoms with Gasteiger partial charge in [-0.3, -0.25) is 18.6 Å². The van der Waals surface area contributed by atoms with Crippen LogP contribution in [0.25, 0.3) is 0 Å². The third-order valence-electron chi connectivity index (χ3n) is 10.9. The maximum absolute atomic E-state index is 12.8. The largest absolute Gasteiger partial charge is 0.472 e. The van der Waals surface area contributed by atoms with Crippen molar-refractivity contribution in [2.75, 3.05) is 13.2 Å². The van der Waals surface area contributed by atoms with Gasteiger partial charge in [0.05, 0.1) is 6.61 Å². The Hall–Kier alpha value is -1.41. The van der Waals surface area contributed by atoms with E-state index in [4.69, 9.17) is 18.5 Å². The first kappa shape index (κ1) is 54.6. The molecule has 342 valence electrons. The molecule has 14 heteroatoms. The van der Waals surface area contributed by atoms with E-state index in [2.05, 4.69) is 26.0 Å². The number of ether oxygens (including phenoxy) is 2. The Kier molecular flexibility index (Phi) is 33.2. The molecule has 1 fully saturated rings. The number of hydrogen-bond acceptors (Lipinski definition) is 12. The van der Waals surface area contributed by atoms with Crippen LogP contribution >= 0.6 is 7.82 Å². The highest BCUT2D eigenvalue weighted by atomic mass is 31.2. The zero-order chi connectivity index (χ0) is 42.9. The second-order valence-electron chi connectivity index (χ2n) is 16.3. The SMILES string of the molecule is CCCCCCCC/C=C/CCCCCCCC(=O)OC[C@@H](COP(=O)(O)OC1C(O)C(O)C(O)[C@H](O)C1O)OC(=O)CCCCCCCCCCCCCCCC. The third-order valence-corrected chi connectivity index (χ3v) is 11.8. The number of hydrogen-bond donors (Lipinski definition) is 6. The van der Waals surface area contributed by atoms with Gasteiger partial charge >= 0.3 is 19.8 Å². The molecular weight excluding hydrogens is 767 g/mol. The lowest BCUT2D eigenvalue weighted by atomic mass is 9.85. The van der Waals surface area contributed by atoms with Crippen molar-refractivity contribution >= 4 is 19.8 Å². The van der Waals surface area contributed by atoms with Crippen LogP contribution in [0.1, 0.15) is 200 Å². The molecule has 0 aromatic rings. The van der Waals surface area contributed by atoms with Crippen molar-refractivity contribution in [3.05, 3.63) is 12.2 Å². The van der Waals surface area contributed by atoms with Crippen molar-refractivity contribution in [2.24, 2.45) is 0 Å². The van der Waals surface area contributed by atoms with E-state index in [9.17, 15) is 44.6 Å². The van der Waals surface area contributed by atoms with E-state index in [-0.39, 0.29) is 12.8 Å². The summed E-state index contributed by atoms with van der Waals surface area (Å²) in [6.07, 6.45) is 22.6. The first-order valence-electron chi connectivity index (χ1n) is 23.0. The van der Waals surface area contributed by atoms with Gasteiger partial charge < -0.3 is 39.9 Å². The molecule has 0 heterocycles. The number of allylic oxidation sites excluding steroid dienone is 2. The van der Waals surface area contributed by atoms with Crippen molar-refractivity contribution in [1.29, 1.82) is 0 Å². The van der Waals surface area contributed by atoms with Crippen LogP contribution < -0.4 is 0 Å². The number of carbonyl (C=O) groups excluding carboxylic acids is 2. The third kappa shape index (κ3) is 27.4. The number of phosphoric ester groups is 1. The molecule has 1 rings (SSSR count). The molecule has 1 aliphatic carbocycles. The Morgan fingerprint density at radius 1 is 0.517 bits per heavy atom. The molecule has 0 radical (unpaired) electrons. The van der Waals surface area contributed by atoms with E-state index in [1.54, 1.807) is 0 Å². The van der Waals surface area contributed by atoms with Crippen LogP contribution in [0.15, 0.2) is 12.2 Å². The summed E-state index contributed by atoms with van der Waals surface area (Å²) in [6, 6.07) is 0. The van der Waals surface area contributed by atoms with Crippen LogP contribution in [0.2, 0.25) is 0 Å². The summed E-state index contributed by atoms with van der Waals surface area (Å²) in [4.78, 5) is 35.6. The number of esters is 2. The van der Waals surface area contributed by atoms with Gasteiger partial charge in [0.2, 0.25) is 0 Å². The maximum atomic E-state index is 12.8. The van der Waals surface area contributed by atoms with E-state index in [1.807, 2.05) is 0 Å². The summed E-state index contributed by atoms with van der Waals surface area (Å²) < 4.78 is 33.5. The molecule has 13 nitrogen and oxygen atoms in total. The second kappa shape index (κ2) is 35.2. The van der Waals surface area contributed by atoms with Gasteiger partial charge in [-0.2, -0.15) is 0 Å². The van der Waals surface area contributed by atoms with Crippen molar-refractivity contribution in [3.8, 4) is 0 Å². The molecule has 0 bridgehead atoms. The number of aliphatic hydroxyl groups is 5. The summed E-state index contributed by atoms with van der Waals surface area (Å²) in [5.41, 5.74) is 0. The molecule has 6 unspecified atom stereocenters. The molecule has 0 spiro atoms. The lowest BCUT2D eigenvalue weighted by Gasteiger charge is -2.41. The van der Waals surface area contributed by atoms with Crippen LogP contribution in [0.4, 0.5) is 0 Å². The van der Waals surface area contributed by atoms with E-state index in [1.165, 1.54) is 103 Å². The minimum absolute atomic E-state index is 0.100. The fourth-order valence-corrected chi connectivity index (χ4v) is 8.08. The van der Waals surface area contributed by atoms with Crippen LogP contribution in [-0.2, 0) is 32.7 Å². The van der Waals surface area contributed by atoms with Gasteiger partial charge in [0.1, 0.15) is 43.2 Å². The molecule has 0 amide bonds. The average Bonchev–Trinajstić information content (AvgIpc) is 3.20. The van der Waals surface area contributed by atoms with E-state index >= 15 is 0 Å². The van der Waals surface area contributed by atoms with Gasteiger partial charge in [-0.1, -0.05) is 161 Å². The van der Waals surface area contributed by atoms with Crippen LogP contribution in [0, 0.1) is 0 Å². The first-order chi connectivity index (χ1) is 27.9. The number of rotatable bonds is 38. The van der Waals surface area contributed by atoms with Crippen molar-refractivity contribution in [3.63, 3.8) is 0 Å². The van der Waals surface area contributed by atoms with Crippen LogP contribution in [0.5, 0.6) is 0 Å². The zero-order valence-electron chi connectivity index (χ0n) is 36.1. The molecule has 1 saturated carbocycles. The topological polar surface area (TPSA) is 210 Å². The predicted octanol–water partition coefficient (Wildman–Crippen LogP) is 8.67. The molecule has 6 N–H and O–H groups in total. The molecule has 0 aromatic heterocycles. The molecule has 0 aromatic carbocycles. The van der Waals surface area contributed by atoms with Gasteiger partial charge in [-0.05, 0) is 38.5 Å². The average molecular weight is 851 g/mol. The Labute approximate surface area is 350 Å². The summed E-state index contributed by atoms with van der Waals surface area (Å²) in [5.74, 6) is -1.10. The number of unbranched alkanes of at least 4 members (excludes halogenated alkanes) is 24. The molecule has 0 aliphatic heterocycles. The molecule has 1 aliphatic rings. The van der Waals surface area contributed by atoms with Gasteiger partial charge in [0, 0.05) is 12.8 Å². The van der Waals surface area contributed by atoms with Crippen molar-refractivity contribution in [1.82, 2.24) is 0 Å². The summed E-state index contributed by atoms with van der Waals surface area (Å²) in [6.45, 7) is 3.29. The van der Waals surface area contributed by atoms with Gasteiger partial charge in [-0.25, -0.2) is 4.57 Å². The zero-order valence-corrected chi connectivity index (χ0v) is 37.0. The van der Waals surface area contributed by atoms with E-state index in [0.29, 0.717) is 12.8 Å². The first-order valence-corrected chi connectivity index (χ1v) is 24.5. The minimum atomic E-state index is -5.11.